The molecule has 1 atom stereocenters. The summed E-state index contributed by atoms with van der Waals surface area (Å²) >= 11 is 0. The van der Waals surface area contributed by atoms with Crippen LogP contribution in [-0.2, 0) is 0 Å². The molecular formula is C21H23N3. The third-order valence-corrected chi connectivity index (χ3v) is 4.99. The average Bonchev–Trinajstić information content (AvgIpc) is 2.68. The van der Waals surface area contributed by atoms with Crippen LogP contribution in [0.15, 0.2) is 54.6 Å². The summed E-state index contributed by atoms with van der Waals surface area (Å²) in [6, 6.07) is 19.3. The minimum absolute atomic E-state index is 0.584. The molecular weight excluding hydrogens is 294 g/mol. The maximum atomic E-state index is 5.01. The van der Waals surface area contributed by atoms with Crippen LogP contribution in [0.3, 0.4) is 0 Å². The van der Waals surface area contributed by atoms with E-state index in [1.807, 2.05) is 18.2 Å². The zero-order valence-electron chi connectivity index (χ0n) is 14.2. The summed E-state index contributed by atoms with van der Waals surface area (Å²) in [6.45, 7) is 3.37. The van der Waals surface area contributed by atoms with E-state index >= 15 is 0 Å². The van der Waals surface area contributed by atoms with Crippen LogP contribution >= 0.6 is 0 Å². The summed E-state index contributed by atoms with van der Waals surface area (Å²) in [5, 5.41) is 1.16. The summed E-state index contributed by atoms with van der Waals surface area (Å²) < 4.78 is 0. The number of rotatable bonds is 3. The fourth-order valence-corrected chi connectivity index (χ4v) is 3.70. The molecule has 0 spiro atoms. The highest BCUT2D eigenvalue weighted by molar-refractivity contribution is 5.91. The minimum atomic E-state index is 0.584. The zero-order chi connectivity index (χ0) is 16.4. The number of piperidine rings is 1. The molecule has 0 saturated carbocycles. The van der Waals surface area contributed by atoms with Gasteiger partial charge in [0.1, 0.15) is 5.82 Å². The van der Waals surface area contributed by atoms with Crippen LogP contribution < -0.4 is 4.90 Å². The third-order valence-electron chi connectivity index (χ3n) is 4.99. The topological polar surface area (TPSA) is 29.0 Å². The highest BCUT2D eigenvalue weighted by Crippen LogP contribution is 2.32. The standard InChI is InChI=1S/C21H23N3/c1-2-17-12-8-9-15-24(17)21-18-13-6-7-14-19(18)22-20(23-21)16-10-4-3-5-11-16/h3-7,10-11,13-14,17H,2,8-9,12,15H2,1H3. The van der Waals surface area contributed by atoms with Gasteiger partial charge in [-0.25, -0.2) is 9.97 Å². The Kier molecular flexibility index (Phi) is 4.16. The second-order valence-corrected chi connectivity index (χ2v) is 6.51. The molecule has 1 aliphatic rings. The van der Waals surface area contributed by atoms with Gasteiger partial charge in [0.15, 0.2) is 5.82 Å². The fourth-order valence-electron chi connectivity index (χ4n) is 3.70. The normalized spacial score (nSPS) is 18.0. The second kappa shape index (κ2) is 6.60. The van der Waals surface area contributed by atoms with Crippen molar-refractivity contribution in [1.82, 2.24) is 9.97 Å². The first-order valence-electron chi connectivity index (χ1n) is 8.95. The Balaban J connectivity index is 1.89. The molecule has 4 rings (SSSR count). The van der Waals surface area contributed by atoms with E-state index in [4.69, 9.17) is 9.97 Å². The van der Waals surface area contributed by atoms with Crippen molar-refractivity contribution in [2.24, 2.45) is 0 Å². The number of hydrogen-bond donors (Lipinski definition) is 0. The Morgan fingerprint density at radius 2 is 1.75 bits per heavy atom. The number of benzene rings is 2. The predicted octanol–water partition coefficient (Wildman–Crippen LogP) is 5.07. The van der Waals surface area contributed by atoms with Crippen molar-refractivity contribution in [3.05, 3.63) is 54.6 Å². The molecule has 1 fully saturated rings. The number of hydrogen-bond acceptors (Lipinski definition) is 3. The van der Waals surface area contributed by atoms with Gasteiger partial charge in [-0.1, -0.05) is 49.4 Å². The van der Waals surface area contributed by atoms with E-state index in [1.165, 1.54) is 25.7 Å². The quantitative estimate of drug-likeness (QED) is 0.675. The molecule has 1 aliphatic heterocycles. The van der Waals surface area contributed by atoms with E-state index in [1.54, 1.807) is 0 Å². The smallest absolute Gasteiger partial charge is 0.162 e. The highest BCUT2D eigenvalue weighted by atomic mass is 15.2. The highest BCUT2D eigenvalue weighted by Gasteiger charge is 2.24. The summed E-state index contributed by atoms with van der Waals surface area (Å²) in [6.07, 6.45) is 4.99. The van der Waals surface area contributed by atoms with Gasteiger partial charge in [0.25, 0.3) is 0 Å². The van der Waals surface area contributed by atoms with Gasteiger partial charge in [0.2, 0.25) is 0 Å². The van der Waals surface area contributed by atoms with E-state index in [9.17, 15) is 0 Å². The van der Waals surface area contributed by atoms with Crippen LogP contribution in [0.4, 0.5) is 5.82 Å². The first-order chi connectivity index (χ1) is 11.9. The van der Waals surface area contributed by atoms with E-state index in [0.717, 1.165) is 34.7 Å². The Hall–Kier alpha value is -2.42. The lowest BCUT2D eigenvalue weighted by atomic mass is 9.99. The predicted molar refractivity (Wildman–Crippen MR) is 100 cm³/mol. The average molecular weight is 317 g/mol. The third kappa shape index (κ3) is 2.75. The largest absolute Gasteiger partial charge is 0.353 e. The number of anilines is 1. The Labute approximate surface area is 143 Å². The van der Waals surface area contributed by atoms with Crippen LogP contribution in [0.2, 0.25) is 0 Å². The summed E-state index contributed by atoms with van der Waals surface area (Å²) in [5.41, 5.74) is 2.11. The molecule has 1 unspecified atom stereocenters. The van der Waals surface area contributed by atoms with E-state index < -0.39 is 0 Å². The Morgan fingerprint density at radius 3 is 2.58 bits per heavy atom. The van der Waals surface area contributed by atoms with Gasteiger partial charge in [-0.15, -0.1) is 0 Å². The van der Waals surface area contributed by atoms with Gasteiger partial charge in [0.05, 0.1) is 5.52 Å². The van der Waals surface area contributed by atoms with Crippen molar-refractivity contribution in [3.8, 4) is 11.4 Å². The van der Waals surface area contributed by atoms with E-state index in [0.29, 0.717) is 6.04 Å². The molecule has 3 heteroatoms. The molecule has 24 heavy (non-hydrogen) atoms. The van der Waals surface area contributed by atoms with E-state index in [2.05, 4.69) is 48.2 Å². The lowest BCUT2D eigenvalue weighted by molar-refractivity contribution is 0.448. The first-order valence-corrected chi connectivity index (χ1v) is 8.95. The van der Waals surface area contributed by atoms with Crippen molar-refractivity contribution in [3.63, 3.8) is 0 Å². The monoisotopic (exact) mass is 317 g/mol. The van der Waals surface area contributed by atoms with Crippen molar-refractivity contribution in [2.75, 3.05) is 11.4 Å². The van der Waals surface area contributed by atoms with Gasteiger partial charge in [-0.3, -0.25) is 0 Å². The molecule has 2 aromatic carbocycles. The minimum Gasteiger partial charge on any atom is -0.353 e. The molecule has 3 aromatic rings. The molecule has 1 aromatic heterocycles. The molecule has 0 radical (unpaired) electrons. The van der Waals surface area contributed by atoms with Crippen molar-refractivity contribution < 1.29 is 0 Å². The lowest BCUT2D eigenvalue weighted by Crippen LogP contribution is -2.39. The number of nitrogens with zero attached hydrogens (tertiary/aromatic N) is 3. The molecule has 2 heterocycles. The second-order valence-electron chi connectivity index (χ2n) is 6.51. The molecule has 1 saturated heterocycles. The Bertz CT molecular complexity index is 829. The van der Waals surface area contributed by atoms with Gasteiger partial charge in [0, 0.05) is 23.5 Å². The number of aromatic nitrogens is 2. The van der Waals surface area contributed by atoms with Crippen LogP contribution in [0, 0.1) is 0 Å². The van der Waals surface area contributed by atoms with Crippen LogP contribution in [-0.4, -0.2) is 22.6 Å². The molecule has 0 amide bonds. The lowest BCUT2D eigenvalue weighted by Gasteiger charge is -2.37. The van der Waals surface area contributed by atoms with Crippen molar-refractivity contribution in [2.45, 2.75) is 38.6 Å². The van der Waals surface area contributed by atoms with Crippen molar-refractivity contribution >= 4 is 16.7 Å². The molecule has 122 valence electrons. The maximum absolute atomic E-state index is 5.01. The van der Waals surface area contributed by atoms with Crippen LogP contribution in [0.1, 0.15) is 32.6 Å². The molecule has 3 nitrogen and oxygen atoms in total. The number of para-hydroxylation sites is 1. The summed E-state index contributed by atoms with van der Waals surface area (Å²) in [7, 11) is 0. The zero-order valence-corrected chi connectivity index (χ0v) is 14.2. The fraction of sp³-hybridized carbons (Fsp3) is 0.333. The van der Waals surface area contributed by atoms with Crippen LogP contribution in [0.25, 0.3) is 22.3 Å². The SMILES string of the molecule is CCC1CCCCN1c1nc(-c2ccccc2)nc2ccccc12. The van der Waals surface area contributed by atoms with Gasteiger partial charge in [-0.2, -0.15) is 0 Å². The molecule has 0 bridgehead atoms. The van der Waals surface area contributed by atoms with Crippen LogP contribution in [0.5, 0.6) is 0 Å². The summed E-state index contributed by atoms with van der Waals surface area (Å²) in [4.78, 5) is 12.3. The maximum Gasteiger partial charge on any atom is 0.162 e. The summed E-state index contributed by atoms with van der Waals surface area (Å²) in [5.74, 6) is 1.93. The van der Waals surface area contributed by atoms with Gasteiger partial charge in [-0.05, 0) is 37.8 Å². The first kappa shape index (κ1) is 15.1. The van der Waals surface area contributed by atoms with Crippen molar-refractivity contribution in [1.29, 1.82) is 0 Å². The number of fused-ring (bicyclic) bond motifs is 1. The van der Waals surface area contributed by atoms with Gasteiger partial charge >= 0.3 is 0 Å². The van der Waals surface area contributed by atoms with Gasteiger partial charge < -0.3 is 4.90 Å². The van der Waals surface area contributed by atoms with E-state index in [-0.39, 0.29) is 0 Å². The molecule has 0 N–H and O–H groups in total. The molecule has 0 aliphatic carbocycles. The Morgan fingerprint density at radius 1 is 0.958 bits per heavy atom.